The van der Waals surface area contributed by atoms with Gasteiger partial charge in [0, 0.05) is 91.4 Å². The molecule has 3 aliphatic heterocycles. The molecule has 4 fully saturated rings. The van der Waals surface area contributed by atoms with E-state index in [2.05, 4.69) is 42.0 Å². The lowest BCUT2D eigenvalue weighted by atomic mass is 9.73. The molecule has 5 heterocycles. The van der Waals surface area contributed by atoms with Crippen LogP contribution in [0.3, 0.4) is 0 Å². The first kappa shape index (κ1) is 59.5. The van der Waals surface area contributed by atoms with E-state index in [0.29, 0.717) is 84.6 Å². The van der Waals surface area contributed by atoms with Gasteiger partial charge < -0.3 is 36.2 Å². The number of halogens is 10. The zero-order chi connectivity index (χ0) is 58.2. The fraction of sp³-hybridized carbons (Fsp3) is 0.547. The van der Waals surface area contributed by atoms with Crippen molar-refractivity contribution in [1.82, 2.24) is 45.7 Å². The molecule has 0 radical (unpaired) electrons. The molecule has 0 spiro atoms. The number of piperazine rings is 1. The first-order chi connectivity index (χ1) is 37.5. The Bertz CT molecular complexity index is 2890. The van der Waals surface area contributed by atoms with Crippen LogP contribution in [0.4, 0.5) is 54.6 Å². The van der Waals surface area contributed by atoms with E-state index in [1.165, 1.54) is 17.4 Å². The molecule has 2 aromatic carbocycles. The highest BCUT2D eigenvalue weighted by atomic mass is 19.4. The maximum atomic E-state index is 16.1. The van der Waals surface area contributed by atoms with Crippen LogP contribution in [0.25, 0.3) is 11.3 Å². The first-order valence-electron chi connectivity index (χ1n) is 25.8. The average molecular weight is 1140 g/mol. The van der Waals surface area contributed by atoms with E-state index >= 15 is 22.0 Å². The fourth-order valence-corrected chi connectivity index (χ4v) is 10.4. The van der Waals surface area contributed by atoms with Crippen molar-refractivity contribution in [3.63, 3.8) is 0 Å². The van der Waals surface area contributed by atoms with Gasteiger partial charge >= 0.3 is 25.0 Å². The van der Waals surface area contributed by atoms with E-state index in [1.54, 1.807) is 24.5 Å². The first-order valence-corrected chi connectivity index (χ1v) is 25.8. The topological polar surface area (TPSA) is 216 Å². The van der Waals surface area contributed by atoms with Gasteiger partial charge in [-0.05, 0) is 95.7 Å². The predicted octanol–water partition coefficient (Wildman–Crippen LogP) is 6.55. The van der Waals surface area contributed by atoms with Crippen LogP contribution in [0.2, 0.25) is 0 Å². The molecular formula is C53H61F10N11O6. The van der Waals surface area contributed by atoms with Crippen molar-refractivity contribution in [2.45, 2.75) is 128 Å². The van der Waals surface area contributed by atoms with E-state index in [1.807, 2.05) is 5.43 Å². The fourth-order valence-electron chi connectivity index (χ4n) is 10.4. The Morgan fingerprint density at radius 1 is 0.838 bits per heavy atom. The maximum absolute atomic E-state index is 16.1. The summed E-state index contributed by atoms with van der Waals surface area (Å²) >= 11 is 0. The number of hydrazine groups is 1. The Morgan fingerprint density at radius 2 is 1.43 bits per heavy atom. The molecule has 80 heavy (non-hydrogen) atoms. The number of hydrogen-bond acceptors (Lipinski definition) is 12. The number of fused-ring (bicyclic) bond motifs is 2. The minimum Gasteiger partial charge on any atom is -0.465 e. The number of carbonyl (C=O) groups excluding carboxylic acids is 2. The molecule has 4 aliphatic rings. The van der Waals surface area contributed by atoms with Gasteiger partial charge in [-0.25, -0.2) is 33.2 Å². The number of rotatable bonds is 20. The quantitative estimate of drug-likeness (QED) is 0.0315. The summed E-state index contributed by atoms with van der Waals surface area (Å²) in [5.41, 5.74) is 2.52. The predicted molar refractivity (Wildman–Crippen MR) is 268 cm³/mol. The maximum Gasteiger partial charge on any atom is 0.405 e. The highest BCUT2D eigenvalue weighted by Crippen LogP contribution is 2.44. The zero-order valence-electron chi connectivity index (χ0n) is 43.8. The number of carboxylic acid groups (broad SMARTS) is 1. The summed E-state index contributed by atoms with van der Waals surface area (Å²) < 4.78 is 153. The highest BCUT2D eigenvalue weighted by Gasteiger charge is 2.58. The Hall–Kier alpha value is -6.60. The molecule has 27 heteroatoms. The standard InChI is InChI=1S/C53H61F10N11O6/c1-50(2,52(58,59)60)43(67-45(76)31-11-12-31)42(64)36(17-29-8-5-28(6-9-29)7-10-30-20-65-48(66-21-30)71-22-33-13-14-34(23-71)74(33)35-26-80-27-35)41(75)25-72(70-46(77)44(68-49(78)79)51(3,4)53(61,62)63)24-37-38(54)18-32(19-39(37)55)40-15-16-73(69-40)47(56)57/h5-6,8-9,15-16,18-21,31,33-36,41-44,47,68,75H,11-14,17,22-27,64H2,1-4H3,(H,67,76)(H,70,77)(H,78,79)/t33?,34?,36-,41-,42?,43-,44-/m1/s1. The van der Waals surface area contributed by atoms with Gasteiger partial charge in [-0.2, -0.15) is 40.2 Å². The second-order valence-corrected chi connectivity index (χ2v) is 22.0. The van der Waals surface area contributed by atoms with Crippen molar-refractivity contribution in [1.29, 1.82) is 0 Å². The Morgan fingerprint density at radius 3 is 1.94 bits per heavy atom. The van der Waals surface area contributed by atoms with Crippen molar-refractivity contribution >= 4 is 23.9 Å². The largest absolute Gasteiger partial charge is 0.465 e. The Kier molecular flexibility index (Phi) is 17.5. The molecule has 1 aliphatic carbocycles. The highest BCUT2D eigenvalue weighted by molar-refractivity contribution is 5.86. The number of aliphatic hydroxyl groups excluding tert-OH is 1. The number of ether oxygens (including phenoxy) is 1. The molecule has 7 N–H and O–H groups in total. The molecule has 3 saturated heterocycles. The number of nitrogens with two attached hydrogens (primary N) is 1. The number of hydrogen-bond donors (Lipinski definition) is 6. The van der Waals surface area contributed by atoms with Gasteiger partial charge in [-0.1, -0.05) is 24.0 Å². The van der Waals surface area contributed by atoms with Gasteiger partial charge in [0.05, 0.1) is 53.5 Å². The van der Waals surface area contributed by atoms with Crippen LogP contribution >= 0.6 is 0 Å². The van der Waals surface area contributed by atoms with Crippen LogP contribution in [0.5, 0.6) is 0 Å². The van der Waals surface area contributed by atoms with Gasteiger partial charge in [0.25, 0.3) is 5.91 Å². The Balaban J connectivity index is 1.09. The third kappa shape index (κ3) is 13.3. The number of nitrogens with zero attached hydrogens (tertiary/aromatic N) is 7. The van der Waals surface area contributed by atoms with Gasteiger partial charge in [-0.15, -0.1) is 0 Å². The van der Waals surface area contributed by atoms with E-state index in [-0.39, 0.29) is 15.9 Å². The zero-order valence-corrected chi connectivity index (χ0v) is 43.8. The normalized spacial score (nSPS) is 20.1. The lowest BCUT2D eigenvalue weighted by Gasteiger charge is -2.47. The number of aromatic nitrogens is 4. The van der Waals surface area contributed by atoms with E-state index in [0.717, 1.165) is 65.3 Å². The molecule has 8 rings (SSSR count). The summed E-state index contributed by atoms with van der Waals surface area (Å²) in [7, 11) is 0. The van der Waals surface area contributed by atoms with Crippen LogP contribution in [0.15, 0.2) is 61.1 Å². The number of nitrogens with one attached hydrogen (secondary N) is 3. The molecular weight excluding hydrogens is 1080 g/mol. The molecule has 3 unspecified atom stereocenters. The summed E-state index contributed by atoms with van der Waals surface area (Å²) in [4.78, 5) is 52.9. The molecule has 2 bridgehead atoms. The summed E-state index contributed by atoms with van der Waals surface area (Å²) in [6.07, 6.45) is -7.91. The van der Waals surface area contributed by atoms with E-state index < -0.39 is 120 Å². The Labute approximate surface area is 453 Å². The van der Waals surface area contributed by atoms with Crippen LogP contribution in [0, 0.1) is 46.1 Å². The van der Waals surface area contributed by atoms with Crippen LogP contribution < -0.4 is 26.7 Å². The van der Waals surface area contributed by atoms with Crippen molar-refractivity contribution in [3.8, 4) is 23.1 Å². The summed E-state index contributed by atoms with van der Waals surface area (Å²) in [5.74, 6) is -0.967. The SMILES string of the molecule is CC(C)([C@H](NC(=O)O)C(=O)NN(Cc1c(F)cc(-c2ccn(C(F)F)n2)cc1F)C[C@@H](O)[C@@H](Cc1ccc(C#Cc2cnc(N3CC4CCC(C3)N4C3COC3)nc2)cc1)C(N)[C@@H](NC(=O)C1CC1)C(C)(C)C(F)(F)F)C(F)(F)F. The summed E-state index contributed by atoms with van der Waals surface area (Å²) in [6, 6.07) is 3.29. The number of amides is 3. The van der Waals surface area contributed by atoms with E-state index in [4.69, 9.17) is 10.5 Å². The summed E-state index contributed by atoms with van der Waals surface area (Å²) in [5, 5.41) is 29.9. The smallest absolute Gasteiger partial charge is 0.405 e. The minimum atomic E-state index is -5.26. The van der Waals surface area contributed by atoms with Gasteiger partial charge in [0.1, 0.15) is 17.7 Å². The summed E-state index contributed by atoms with van der Waals surface area (Å²) in [6.45, 7) is 0.266. The van der Waals surface area contributed by atoms with Gasteiger partial charge in [0.2, 0.25) is 11.9 Å². The average Bonchev–Trinajstić information content (AvgIpc) is 4.06. The lowest BCUT2D eigenvalue weighted by molar-refractivity contribution is -0.225. The molecule has 1 saturated carbocycles. The molecule has 4 aromatic rings. The van der Waals surface area contributed by atoms with Crippen molar-refractivity contribution < 1.29 is 73.2 Å². The van der Waals surface area contributed by atoms with E-state index in [9.17, 15) is 46.5 Å². The third-order valence-corrected chi connectivity index (χ3v) is 15.7. The molecule has 2 aromatic heterocycles. The van der Waals surface area contributed by atoms with Crippen LogP contribution in [-0.4, -0.2) is 145 Å². The van der Waals surface area contributed by atoms with Gasteiger partial charge in [0.15, 0.2) is 0 Å². The number of alkyl halides is 8. The number of carbonyl (C=O) groups is 3. The monoisotopic (exact) mass is 1140 g/mol. The molecule has 434 valence electrons. The molecule has 3 amide bonds. The van der Waals surface area contributed by atoms with Crippen molar-refractivity contribution in [2.75, 3.05) is 37.7 Å². The van der Waals surface area contributed by atoms with Crippen molar-refractivity contribution in [3.05, 3.63) is 94.9 Å². The second kappa shape index (κ2) is 23.5. The van der Waals surface area contributed by atoms with Crippen LogP contribution in [0.1, 0.15) is 82.2 Å². The molecule has 7 atom stereocenters. The number of anilines is 1. The van der Waals surface area contributed by atoms with Gasteiger partial charge in [-0.3, -0.25) is 19.9 Å². The molecule has 17 nitrogen and oxygen atoms in total. The third-order valence-electron chi connectivity index (χ3n) is 15.7. The minimum absolute atomic E-state index is 0.205. The van der Waals surface area contributed by atoms with Crippen molar-refractivity contribution in [2.24, 2.45) is 28.4 Å². The number of aliphatic hydroxyl groups is 1. The second-order valence-electron chi connectivity index (χ2n) is 22.0. The lowest BCUT2D eigenvalue weighted by Crippen LogP contribution is -2.65. The van der Waals surface area contributed by atoms with Crippen LogP contribution in [-0.2, 0) is 27.3 Å². The number of benzene rings is 2.